The molecule has 0 aliphatic heterocycles. The molecular formula is C87H148. The Bertz CT molecular complexity index is 2140. The molecule has 0 amide bonds. The molecule has 0 fully saturated rings. The van der Waals surface area contributed by atoms with E-state index >= 15 is 0 Å². The highest BCUT2D eigenvalue weighted by molar-refractivity contribution is 5.85. The first-order valence-corrected chi connectivity index (χ1v) is 34.3. The van der Waals surface area contributed by atoms with Gasteiger partial charge in [-0.2, -0.15) is 0 Å². The Kier molecular flexibility index (Phi) is 94.6. The molecule has 0 spiro atoms. The van der Waals surface area contributed by atoms with Gasteiger partial charge in [0.05, 0.1) is 0 Å². The molecular weight excluding hydrogens is 1040 g/mol. The lowest BCUT2D eigenvalue weighted by atomic mass is 9.98. The minimum absolute atomic E-state index is 1.25. The fraction of sp³-hybridized carbons (Fsp3) is 0.471. The van der Waals surface area contributed by atoms with Crippen LogP contribution in [0.1, 0.15) is 261 Å². The summed E-state index contributed by atoms with van der Waals surface area (Å²) in [6.07, 6.45) is 3.75. The van der Waals surface area contributed by atoms with Crippen LogP contribution in [0, 0.1) is 111 Å². The zero-order chi connectivity index (χ0) is 70.3. The molecule has 0 heteroatoms. The second-order valence-electron chi connectivity index (χ2n) is 18.9. The molecule has 87 heavy (non-hydrogen) atoms. The molecule has 0 aliphatic carbocycles. The molecule has 0 bridgehead atoms. The lowest BCUT2D eigenvalue weighted by Crippen LogP contribution is -1.86. The molecule has 0 N–H and O–H groups in total. The van der Waals surface area contributed by atoms with E-state index in [-0.39, 0.29) is 0 Å². The minimum Gasteiger partial charge on any atom is -0.0683 e. The molecule has 0 nitrogen and oxygen atoms in total. The average molecular weight is 1190 g/mol. The monoisotopic (exact) mass is 1190 g/mol. The Morgan fingerprint density at radius 2 is 0.241 bits per heavy atom. The predicted molar refractivity (Wildman–Crippen MR) is 417 cm³/mol. The minimum atomic E-state index is 1.25. The summed E-state index contributed by atoms with van der Waals surface area (Å²) >= 11 is 0. The van der Waals surface area contributed by atoms with Crippen molar-refractivity contribution in [2.75, 3.05) is 0 Å². The third-order valence-electron chi connectivity index (χ3n) is 11.5. The van der Waals surface area contributed by atoms with Crippen LogP contribution in [0.3, 0.4) is 0 Å². The van der Waals surface area contributed by atoms with Crippen molar-refractivity contribution in [3.05, 3.63) is 259 Å². The van der Waals surface area contributed by atoms with E-state index in [1.165, 1.54) is 119 Å². The van der Waals surface area contributed by atoms with E-state index in [4.69, 9.17) is 0 Å². The van der Waals surface area contributed by atoms with Gasteiger partial charge in [-0.15, -0.1) is 0 Å². The number of fused-ring (bicyclic) bond motifs is 1. The fourth-order valence-electron chi connectivity index (χ4n) is 5.95. The first kappa shape index (κ1) is 103. The van der Waals surface area contributed by atoms with Gasteiger partial charge in [-0.3, -0.25) is 0 Å². The second kappa shape index (κ2) is 80.0. The van der Waals surface area contributed by atoms with Gasteiger partial charge in [-0.25, -0.2) is 0 Å². The number of benzene rings is 8. The highest BCUT2D eigenvalue weighted by Crippen LogP contribution is 2.23. The summed E-state index contributed by atoms with van der Waals surface area (Å²) in [7, 11) is 0. The smallest absolute Gasteiger partial charge is 0.0178 e. The Hall–Kier alpha value is -5.98. The predicted octanol–water partition coefficient (Wildman–Crippen LogP) is 30.4. The van der Waals surface area contributed by atoms with Gasteiger partial charge in [0.2, 0.25) is 0 Å². The Morgan fingerprint density at radius 1 is 0.149 bits per heavy atom. The van der Waals surface area contributed by atoms with E-state index in [0.717, 1.165) is 0 Å². The number of hydrogen-bond acceptors (Lipinski definition) is 0. The first-order chi connectivity index (χ1) is 41.6. The first-order valence-electron chi connectivity index (χ1n) is 34.3. The largest absolute Gasteiger partial charge is 0.0683 e. The molecule has 8 rings (SSSR count). The van der Waals surface area contributed by atoms with E-state index in [1.54, 1.807) is 0 Å². The topological polar surface area (TPSA) is 0 Å². The zero-order valence-corrected chi connectivity index (χ0v) is 65.3. The summed E-state index contributed by atoms with van der Waals surface area (Å²) in [4.78, 5) is 0. The van der Waals surface area contributed by atoms with E-state index in [2.05, 4.69) is 286 Å². The van der Waals surface area contributed by atoms with E-state index in [0.29, 0.717) is 0 Å². The number of rotatable bonds is 0. The second-order valence-corrected chi connectivity index (χ2v) is 18.9. The van der Waals surface area contributed by atoms with Crippen LogP contribution in [0.15, 0.2) is 170 Å². The molecule has 0 radical (unpaired) electrons. The van der Waals surface area contributed by atoms with E-state index in [1.807, 2.05) is 147 Å². The molecule has 8 aromatic rings. The summed E-state index contributed by atoms with van der Waals surface area (Å²) in [5.74, 6) is 0. The van der Waals surface area contributed by atoms with Gasteiger partial charge >= 0.3 is 0 Å². The van der Waals surface area contributed by atoms with Crippen molar-refractivity contribution in [3.63, 3.8) is 0 Å². The summed E-state index contributed by atoms with van der Waals surface area (Å²) in [6, 6.07) is 59.0. The molecule has 0 saturated carbocycles. The Morgan fingerprint density at radius 3 is 0.333 bits per heavy atom. The molecule has 0 unspecified atom stereocenters. The van der Waals surface area contributed by atoms with Crippen LogP contribution >= 0.6 is 0 Å². The summed E-state index contributed by atoms with van der Waals surface area (Å²) in [5.41, 5.74) is 22.0. The normalized spacial score (nSPS) is 8.02. The van der Waals surface area contributed by atoms with Crippen molar-refractivity contribution < 1.29 is 0 Å². The van der Waals surface area contributed by atoms with Gasteiger partial charge in [0.25, 0.3) is 0 Å². The number of hydrogen-bond donors (Lipinski definition) is 0. The van der Waals surface area contributed by atoms with Crippen LogP contribution in [0.2, 0.25) is 0 Å². The van der Waals surface area contributed by atoms with Crippen LogP contribution in [-0.2, 0) is 0 Å². The SMILES string of the molecule is CC.CC.CC.CC.CC.CC.CC.CC.CCC.CCC.CCC.Cc1cc(C)c(C)cc1C.Cc1cc2cc(C)c(C)cc2cc1C.Cc1ccccc1C.Cc1ccccc1C.Cc1ccccc1C.Cc1ccccc1C.c1ccccc1. The Labute approximate surface area is 549 Å². The molecule has 0 aliphatic rings. The molecule has 0 saturated heterocycles. The highest BCUT2D eigenvalue weighted by atomic mass is 14.1. The lowest BCUT2D eigenvalue weighted by molar-refractivity contribution is 1.09. The third-order valence-corrected chi connectivity index (χ3v) is 11.5. The fourth-order valence-corrected chi connectivity index (χ4v) is 5.95. The molecule has 496 valence electrons. The van der Waals surface area contributed by atoms with Crippen LogP contribution in [0.4, 0.5) is 0 Å². The summed E-state index contributed by atoms with van der Waals surface area (Å²) < 4.78 is 0. The van der Waals surface area contributed by atoms with Crippen molar-refractivity contribution in [3.8, 4) is 0 Å². The van der Waals surface area contributed by atoms with Crippen LogP contribution in [0.5, 0.6) is 0 Å². The maximum atomic E-state index is 2.27. The van der Waals surface area contributed by atoms with Gasteiger partial charge in [0.15, 0.2) is 0 Å². The number of aryl methyl sites for hydroxylation is 16. The average Bonchev–Trinajstić information content (AvgIpc) is 3.73. The van der Waals surface area contributed by atoms with Crippen molar-refractivity contribution in [2.45, 2.75) is 282 Å². The Balaban J connectivity index is -0.0000000943. The molecule has 0 aromatic heterocycles. The van der Waals surface area contributed by atoms with E-state index < -0.39 is 0 Å². The van der Waals surface area contributed by atoms with Crippen molar-refractivity contribution >= 4 is 10.8 Å². The van der Waals surface area contributed by atoms with Gasteiger partial charge in [-0.1, -0.05) is 341 Å². The maximum absolute atomic E-state index is 2.27. The summed E-state index contributed by atoms with van der Waals surface area (Å²) in [5, 5.41) is 2.72. The van der Waals surface area contributed by atoms with Gasteiger partial charge in [-0.05, 0) is 211 Å². The van der Waals surface area contributed by atoms with Crippen molar-refractivity contribution in [2.24, 2.45) is 0 Å². The van der Waals surface area contributed by atoms with E-state index in [9.17, 15) is 0 Å². The highest BCUT2D eigenvalue weighted by Gasteiger charge is 2.00. The van der Waals surface area contributed by atoms with Crippen molar-refractivity contribution in [1.82, 2.24) is 0 Å². The maximum Gasteiger partial charge on any atom is -0.0178 e. The van der Waals surface area contributed by atoms with Gasteiger partial charge < -0.3 is 0 Å². The zero-order valence-electron chi connectivity index (χ0n) is 65.3. The van der Waals surface area contributed by atoms with Gasteiger partial charge in [0.1, 0.15) is 0 Å². The quantitative estimate of drug-likeness (QED) is 0.142. The lowest BCUT2D eigenvalue weighted by Gasteiger charge is -2.07. The van der Waals surface area contributed by atoms with Crippen molar-refractivity contribution in [1.29, 1.82) is 0 Å². The standard InChI is InChI=1S/C14H16.C10H14.4C8H10.C6H6.3C3H8.8C2H6/c1-9-5-13-7-11(3)12(4)8-14(13)6-10(9)2;1-7-5-9(3)10(4)6-8(7)2;4*1-7-5-3-4-6-8(7)2;1-2-4-6-5-3-1;3*1-3-2;8*1-2/h5-8H,1-4H3;5-6H,1-4H3;4*3-6H,1-2H3;1-6H;3*3H2,1-2H3;8*1-2H3. The van der Waals surface area contributed by atoms with Crippen LogP contribution in [-0.4, -0.2) is 0 Å². The summed E-state index contributed by atoms with van der Waals surface area (Å²) in [6.45, 7) is 79.0. The third kappa shape index (κ3) is 62.9. The van der Waals surface area contributed by atoms with Crippen LogP contribution in [0.25, 0.3) is 10.8 Å². The van der Waals surface area contributed by atoms with Gasteiger partial charge in [0, 0.05) is 0 Å². The molecule has 8 aromatic carbocycles. The van der Waals surface area contributed by atoms with Crippen LogP contribution < -0.4 is 0 Å². The molecule has 0 atom stereocenters. The molecule has 0 heterocycles.